The lowest BCUT2D eigenvalue weighted by Crippen LogP contribution is -1.97. The maximum Gasteiger partial charge on any atom is 0.140 e. The van der Waals surface area contributed by atoms with Gasteiger partial charge in [0.15, 0.2) is 0 Å². The Bertz CT molecular complexity index is 2220. The molecule has 5 heteroatoms. The van der Waals surface area contributed by atoms with Gasteiger partial charge in [-0.3, -0.25) is 9.97 Å². The van der Waals surface area contributed by atoms with Crippen molar-refractivity contribution in [3.05, 3.63) is 134 Å². The van der Waals surface area contributed by atoms with Crippen LogP contribution in [-0.2, 0) is 7.05 Å². The number of pyridine rings is 2. The summed E-state index contributed by atoms with van der Waals surface area (Å²) >= 11 is 0. The lowest BCUT2D eigenvalue weighted by molar-refractivity contribution is 0.959. The fourth-order valence-corrected chi connectivity index (χ4v) is 5.98. The molecule has 4 aromatic heterocycles. The van der Waals surface area contributed by atoms with Crippen LogP contribution in [0.5, 0.6) is 0 Å². The number of nitrogens with zero attached hydrogens (tertiary/aromatic N) is 5. The van der Waals surface area contributed by atoms with Crippen LogP contribution in [-0.4, -0.2) is 24.1 Å². The van der Waals surface area contributed by atoms with Crippen molar-refractivity contribution < 1.29 is 0 Å². The van der Waals surface area contributed by atoms with E-state index >= 15 is 0 Å². The van der Waals surface area contributed by atoms with Gasteiger partial charge in [0.2, 0.25) is 0 Å². The highest BCUT2D eigenvalue weighted by molar-refractivity contribution is 6.10. The van der Waals surface area contributed by atoms with Gasteiger partial charge in [-0.2, -0.15) is 0 Å². The molecule has 8 aromatic rings. The molecule has 0 atom stereocenters. The molecule has 8 rings (SSSR count). The van der Waals surface area contributed by atoms with Gasteiger partial charge in [-0.05, 0) is 60.2 Å². The Hall–Kier alpha value is -5.55. The Balaban J connectivity index is 1.35. The third-order valence-electron chi connectivity index (χ3n) is 7.90. The maximum atomic E-state index is 4.98. The van der Waals surface area contributed by atoms with Gasteiger partial charge in [0.25, 0.3) is 0 Å². The van der Waals surface area contributed by atoms with Crippen molar-refractivity contribution in [3.8, 4) is 39.5 Å². The zero-order valence-electron chi connectivity index (χ0n) is 22.4. The molecule has 41 heavy (non-hydrogen) atoms. The Kier molecular flexibility index (Phi) is 5.28. The fourth-order valence-electron chi connectivity index (χ4n) is 5.98. The van der Waals surface area contributed by atoms with E-state index in [-0.39, 0.29) is 0 Å². The minimum atomic E-state index is 0.946. The van der Waals surface area contributed by atoms with Gasteiger partial charge in [0, 0.05) is 58.8 Å². The highest BCUT2D eigenvalue weighted by Gasteiger charge is 2.17. The highest BCUT2D eigenvalue weighted by Crippen LogP contribution is 2.37. The number of fused-ring (bicyclic) bond motifs is 4. The van der Waals surface area contributed by atoms with E-state index in [4.69, 9.17) is 9.97 Å². The molecule has 0 aliphatic carbocycles. The summed E-state index contributed by atoms with van der Waals surface area (Å²) in [4.78, 5) is 14.0. The first-order valence-corrected chi connectivity index (χ1v) is 13.7. The fraction of sp³-hybridized carbons (Fsp3) is 0.0278. The molecule has 4 heterocycles. The number of aromatic nitrogens is 5. The molecule has 0 amide bonds. The van der Waals surface area contributed by atoms with Crippen LogP contribution in [0, 0.1) is 0 Å². The Morgan fingerprint density at radius 3 is 2.24 bits per heavy atom. The predicted octanol–water partition coefficient (Wildman–Crippen LogP) is 8.46. The molecule has 0 aliphatic heterocycles. The third-order valence-corrected chi connectivity index (χ3v) is 7.90. The van der Waals surface area contributed by atoms with E-state index in [9.17, 15) is 0 Å². The Morgan fingerprint density at radius 1 is 0.561 bits per heavy atom. The number of imidazole rings is 1. The molecule has 0 saturated heterocycles. The van der Waals surface area contributed by atoms with E-state index in [0.29, 0.717) is 0 Å². The highest BCUT2D eigenvalue weighted by atomic mass is 15.1. The topological polar surface area (TPSA) is 48.5 Å². The molecule has 0 fully saturated rings. The summed E-state index contributed by atoms with van der Waals surface area (Å²) < 4.78 is 4.53. The first-order chi connectivity index (χ1) is 20.3. The van der Waals surface area contributed by atoms with Crippen molar-refractivity contribution in [1.29, 1.82) is 0 Å². The molecular weight excluding hydrogens is 502 g/mol. The number of benzene rings is 4. The molecule has 0 N–H and O–H groups in total. The zero-order valence-corrected chi connectivity index (χ0v) is 22.4. The van der Waals surface area contributed by atoms with Gasteiger partial charge in [-0.1, -0.05) is 60.7 Å². The second kappa shape index (κ2) is 9.28. The molecule has 0 radical (unpaired) electrons. The SMILES string of the molecule is Cn1c(-c2ccc3c4ccccc4n(-c4cccc(-c5ncccc5-c5ccncc5)c4)c3c2)nc2ccccc21. The second-order valence-corrected chi connectivity index (χ2v) is 10.3. The molecule has 5 nitrogen and oxygen atoms in total. The van der Waals surface area contributed by atoms with E-state index in [0.717, 1.165) is 61.5 Å². The van der Waals surface area contributed by atoms with Crippen molar-refractivity contribution in [2.24, 2.45) is 7.05 Å². The Labute approximate surface area is 237 Å². The van der Waals surface area contributed by atoms with Gasteiger partial charge in [-0.25, -0.2) is 4.98 Å². The van der Waals surface area contributed by atoms with E-state index in [1.807, 2.05) is 42.9 Å². The second-order valence-electron chi connectivity index (χ2n) is 10.3. The first-order valence-electron chi connectivity index (χ1n) is 13.7. The standard InChI is InChI=1S/C36H25N5/c1-40-33-14-5-3-12-31(33)39-36(40)26-15-16-30-29-10-2-4-13-32(29)41(34(30)23-26)27-9-6-8-25(22-27)35-28(11-7-19-38-35)24-17-20-37-21-18-24/h2-23H,1H3. The lowest BCUT2D eigenvalue weighted by atomic mass is 10.00. The third kappa shape index (κ3) is 3.74. The molecule has 4 aromatic carbocycles. The van der Waals surface area contributed by atoms with E-state index in [1.54, 1.807) is 0 Å². The van der Waals surface area contributed by atoms with Crippen LogP contribution < -0.4 is 0 Å². The van der Waals surface area contributed by atoms with Crippen molar-refractivity contribution in [1.82, 2.24) is 24.1 Å². The van der Waals surface area contributed by atoms with E-state index in [1.165, 1.54) is 10.8 Å². The average Bonchev–Trinajstić information content (AvgIpc) is 3.56. The van der Waals surface area contributed by atoms with Gasteiger partial charge >= 0.3 is 0 Å². The van der Waals surface area contributed by atoms with Gasteiger partial charge < -0.3 is 9.13 Å². The molecule has 0 saturated carbocycles. The number of hydrogen-bond donors (Lipinski definition) is 0. The van der Waals surface area contributed by atoms with Crippen LogP contribution >= 0.6 is 0 Å². The van der Waals surface area contributed by atoms with Crippen LogP contribution in [0.2, 0.25) is 0 Å². The van der Waals surface area contributed by atoms with Crippen LogP contribution in [0.15, 0.2) is 134 Å². The van der Waals surface area contributed by atoms with Gasteiger partial charge in [0.05, 0.1) is 27.8 Å². The van der Waals surface area contributed by atoms with Gasteiger partial charge in [-0.15, -0.1) is 0 Å². The summed E-state index contributed by atoms with van der Waals surface area (Å²) in [7, 11) is 2.08. The quantitative estimate of drug-likeness (QED) is 0.231. The molecule has 0 spiro atoms. The average molecular weight is 528 g/mol. The maximum absolute atomic E-state index is 4.98. The summed E-state index contributed by atoms with van der Waals surface area (Å²) in [5.41, 5.74) is 10.8. The minimum absolute atomic E-state index is 0.946. The summed E-state index contributed by atoms with van der Waals surface area (Å²) in [5, 5.41) is 2.43. The lowest BCUT2D eigenvalue weighted by Gasteiger charge is -2.13. The van der Waals surface area contributed by atoms with Gasteiger partial charge in [0.1, 0.15) is 5.82 Å². The van der Waals surface area contributed by atoms with E-state index < -0.39 is 0 Å². The molecule has 0 bridgehead atoms. The number of rotatable bonds is 4. The molecule has 194 valence electrons. The summed E-state index contributed by atoms with van der Waals surface area (Å²) in [5.74, 6) is 0.953. The van der Waals surface area contributed by atoms with Crippen molar-refractivity contribution >= 4 is 32.8 Å². The number of aryl methyl sites for hydroxylation is 1. The van der Waals surface area contributed by atoms with Crippen molar-refractivity contribution in [2.45, 2.75) is 0 Å². The predicted molar refractivity (Wildman–Crippen MR) is 167 cm³/mol. The first kappa shape index (κ1) is 23.3. The smallest absolute Gasteiger partial charge is 0.140 e. The normalized spacial score (nSPS) is 11.5. The largest absolute Gasteiger partial charge is 0.327 e. The number of para-hydroxylation sites is 3. The monoisotopic (exact) mass is 527 g/mol. The molecule has 0 aliphatic rings. The number of hydrogen-bond acceptors (Lipinski definition) is 3. The minimum Gasteiger partial charge on any atom is -0.327 e. The van der Waals surface area contributed by atoms with Crippen LogP contribution in [0.3, 0.4) is 0 Å². The Morgan fingerprint density at radius 2 is 1.37 bits per heavy atom. The van der Waals surface area contributed by atoms with Crippen molar-refractivity contribution in [2.75, 3.05) is 0 Å². The summed E-state index contributed by atoms with van der Waals surface area (Å²) in [6.45, 7) is 0. The van der Waals surface area contributed by atoms with Crippen molar-refractivity contribution in [3.63, 3.8) is 0 Å². The zero-order chi connectivity index (χ0) is 27.3. The summed E-state index contributed by atoms with van der Waals surface area (Å²) in [6, 6.07) is 40.4. The molecule has 0 unspecified atom stereocenters. The van der Waals surface area contributed by atoms with Crippen LogP contribution in [0.25, 0.3) is 72.3 Å². The van der Waals surface area contributed by atoms with Crippen LogP contribution in [0.1, 0.15) is 0 Å². The van der Waals surface area contributed by atoms with Crippen LogP contribution in [0.4, 0.5) is 0 Å². The molecular formula is C36H25N5. The summed E-state index contributed by atoms with van der Waals surface area (Å²) in [6.07, 6.45) is 5.50. The van der Waals surface area contributed by atoms with E-state index in [2.05, 4.69) is 112 Å².